The molecule has 0 spiro atoms. The highest BCUT2D eigenvalue weighted by atomic mass is 16.3. The summed E-state index contributed by atoms with van der Waals surface area (Å²) in [5.41, 5.74) is 0. The Labute approximate surface area is 59.3 Å². The molecular weight excluding hydrogens is 128 g/mol. The normalized spacial score (nSPS) is 31.7. The van der Waals surface area contributed by atoms with Crippen molar-refractivity contribution < 1.29 is 5.11 Å². The van der Waals surface area contributed by atoms with Gasteiger partial charge in [-0.15, -0.1) is 0 Å². The van der Waals surface area contributed by atoms with Crippen LogP contribution in [-0.4, -0.2) is 21.0 Å². The van der Waals surface area contributed by atoms with Crippen molar-refractivity contribution in [3.05, 3.63) is 18.5 Å². The molecule has 10 heavy (non-hydrogen) atoms. The van der Waals surface area contributed by atoms with Gasteiger partial charge < -0.3 is 5.11 Å². The summed E-state index contributed by atoms with van der Waals surface area (Å²) in [5.74, 6) is 0. The average Bonchev–Trinajstić information content (AvgIpc) is 2.31. The number of hydrogen-bond donors (Lipinski definition) is 1. The van der Waals surface area contributed by atoms with E-state index in [1.54, 1.807) is 6.20 Å². The molecule has 0 saturated heterocycles. The first-order valence-electron chi connectivity index (χ1n) is 3.53. The zero-order chi connectivity index (χ0) is 6.97. The minimum atomic E-state index is -0.0887. The second kappa shape index (κ2) is 2.09. The van der Waals surface area contributed by atoms with E-state index in [4.69, 9.17) is 5.11 Å². The second-order valence-electron chi connectivity index (χ2n) is 2.77. The molecule has 2 rings (SSSR count). The number of rotatable bonds is 1. The topological polar surface area (TPSA) is 38.0 Å². The van der Waals surface area contributed by atoms with E-state index in [1.165, 1.54) is 0 Å². The Hall–Kier alpha value is -0.830. The van der Waals surface area contributed by atoms with Crippen molar-refractivity contribution in [2.75, 3.05) is 0 Å². The Morgan fingerprint density at radius 3 is 2.80 bits per heavy atom. The van der Waals surface area contributed by atoms with Crippen molar-refractivity contribution in [2.24, 2.45) is 0 Å². The van der Waals surface area contributed by atoms with Gasteiger partial charge in [0.15, 0.2) is 0 Å². The second-order valence-corrected chi connectivity index (χ2v) is 2.77. The summed E-state index contributed by atoms with van der Waals surface area (Å²) in [4.78, 5) is 0. The predicted octanol–water partition coefficient (Wildman–Crippen LogP) is 0.579. The molecule has 0 amide bonds. The molecule has 0 bridgehead atoms. The van der Waals surface area contributed by atoms with Crippen molar-refractivity contribution in [3.8, 4) is 0 Å². The van der Waals surface area contributed by atoms with E-state index in [9.17, 15) is 0 Å². The van der Waals surface area contributed by atoms with E-state index in [-0.39, 0.29) is 6.10 Å². The molecule has 54 valence electrons. The fourth-order valence-electron chi connectivity index (χ4n) is 1.27. The molecule has 1 saturated carbocycles. The van der Waals surface area contributed by atoms with E-state index in [0.29, 0.717) is 6.04 Å². The maximum Gasteiger partial charge on any atom is 0.0581 e. The molecule has 1 fully saturated rings. The van der Waals surface area contributed by atoms with Gasteiger partial charge in [-0.3, -0.25) is 4.68 Å². The summed E-state index contributed by atoms with van der Waals surface area (Å²) < 4.78 is 1.91. The van der Waals surface area contributed by atoms with Gasteiger partial charge >= 0.3 is 0 Å². The lowest BCUT2D eigenvalue weighted by Crippen LogP contribution is -2.30. The first-order chi connectivity index (χ1) is 4.86. The van der Waals surface area contributed by atoms with Crippen molar-refractivity contribution >= 4 is 0 Å². The SMILES string of the molecule is OC1CC(n2cccn2)C1. The molecule has 1 heterocycles. The first-order valence-corrected chi connectivity index (χ1v) is 3.53. The molecule has 0 radical (unpaired) electrons. The van der Waals surface area contributed by atoms with Crippen molar-refractivity contribution in [1.29, 1.82) is 0 Å². The van der Waals surface area contributed by atoms with Gasteiger partial charge in [0.2, 0.25) is 0 Å². The number of nitrogens with zero attached hydrogens (tertiary/aromatic N) is 2. The molecule has 3 nitrogen and oxygen atoms in total. The monoisotopic (exact) mass is 138 g/mol. The number of aliphatic hydroxyl groups is 1. The number of hydrogen-bond acceptors (Lipinski definition) is 2. The lowest BCUT2D eigenvalue weighted by Gasteiger charge is -2.31. The van der Waals surface area contributed by atoms with Gasteiger partial charge in [-0.05, 0) is 18.9 Å². The Bertz CT molecular complexity index is 201. The van der Waals surface area contributed by atoms with Gasteiger partial charge in [0.05, 0.1) is 12.1 Å². The van der Waals surface area contributed by atoms with Crippen LogP contribution in [0.5, 0.6) is 0 Å². The molecule has 1 aliphatic carbocycles. The molecule has 0 aliphatic heterocycles. The Balaban J connectivity index is 2.04. The first kappa shape index (κ1) is 5.92. The maximum atomic E-state index is 8.98. The molecular formula is C7H10N2O. The highest BCUT2D eigenvalue weighted by molar-refractivity contribution is 4.88. The zero-order valence-corrected chi connectivity index (χ0v) is 5.64. The summed E-state index contributed by atoms with van der Waals surface area (Å²) in [7, 11) is 0. The quantitative estimate of drug-likeness (QED) is 0.616. The van der Waals surface area contributed by atoms with Gasteiger partial charge in [-0.25, -0.2) is 0 Å². The molecule has 0 atom stereocenters. The standard InChI is InChI=1S/C7H10N2O/c10-7-4-6(5-7)9-3-1-2-8-9/h1-3,6-7,10H,4-5H2. The van der Waals surface area contributed by atoms with Crippen molar-refractivity contribution in [3.63, 3.8) is 0 Å². The lowest BCUT2D eigenvalue weighted by atomic mass is 9.90. The van der Waals surface area contributed by atoms with Gasteiger partial charge in [0.25, 0.3) is 0 Å². The van der Waals surface area contributed by atoms with Gasteiger partial charge in [0.1, 0.15) is 0 Å². The number of aromatic nitrogens is 2. The molecule has 0 unspecified atom stereocenters. The van der Waals surface area contributed by atoms with Gasteiger partial charge in [-0.2, -0.15) is 5.10 Å². The van der Waals surface area contributed by atoms with E-state index in [0.717, 1.165) is 12.8 Å². The highest BCUT2D eigenvalue weighted by Gasteiger charge is 2.28. The highest BCUT2D eigenvalue weighted by Crippen LogP contribution is 2.30. The third-order valence-electron chi connectivity index (χ3n) is 1.99. The third-order valence-corrected chi connectivity index (χ3v) is 1.99. The Kier molecular flexibility index (Phi) is 1.24. The fraction of sp³-hybridized carbons (Fsp3) is 0.571. The van der Waals surface area contributed by atoms with Crippen LogP contribution < -0.4 is 0 Å². The molecule has 1 aromatic heterocycles. The van der Waals surface area contributed by atoms with Crippen LogP contribution in [0.4, 0.5) is 0 Å². The fourth-order valence-corrected chi connectivity index (χ4v) is 1.27. The van der Waals surface area contributed by atoms with E-state index in [1.807, 2.05) is 16.9 Å². The van der Waals surface area contributed by atoms with Crippen LogP contribution in [0.3, 0.4) is 0 Å². The van der Waals surface area contributed by atoms with Crippen LogP contribution >= 0.6 is 0 Å². The maximum absolute atomic E-state index is 8.98. The van der Waals surface area contributed by atoms with Crippen LogP contribution in [-0.2, 0) is 0 Å². The molecule has 0 aromatic carbocycles. The molecule has 3 heteroatoms. The predicted molar refractivity (Wildman–Crippen MR) is 36.5 cm³/mol. The average molecular weight is 138 g/mol. The van der Waals surface area contributed by atoms with Gasteiger partial charge in [-0.1, -0.05) is 0 Å². The van der Waals surface area contributed by atoms with Crippen molar-refractivity contribution in [2.45, 2.75) is 25.0 Å². The summed E-state index contributed by atoms with van der Waals surface area (Å²) in [6.45, 7) is 0. The summed E-state index contributed by atoms with van der Waals surface area (Å²) in [5, 5.41) is 13.1. The van der Waals surface area contributed by atoms with E-state index in [2.05, 4.69) is 5.10 Å². The lowest BCUT2D eigenvalue weighted by molar-refractivity contribution is 0.0434. The van der Waals surface area contributed by atoms with Crippen LogP contribution in [0.1, 0.15) is 18.9 Å². The van der Waals surface area contributed by atoms with Crippen molar-refractivity contribution in [1.82, 2.24) is 9.78 Å². The summed E-state index contributed by atoms with van der Waals surface area (Å²) in [6, 6.07) is 2.36. The Morgan fingerprint density at radius 2 is 2.30 bits per heavy atom. The molecule has 1 aliphatic rings. The summed E-state index contributed by atoms with van der Waals surface area (Å²) in [6.07, 6.45) is 5.35. The van der Waals surface area contributed by atoms with E-state index < -0.39 is 0 Å². The molecule has 1 N–H and O–H groups in total. The number of aliphatic hydroxyl groups excluding tert-OH is 1. The third kappa shape index (κ3) is 0.827. The smallest absolute Gasteiger partial charge is 0.0581 e. The van der Waals surface area contributed by atoms with Gasteiger partial charge in [0, 0.05) is 12.4 Å². The Morgan fingerprint density at radius 1 is 1.50 bits per heavy atom. The van der Waals surface area contributed by atoms with Crippen LogP contribution in [0.15, 0.2) is 18.5 Å². The van der Waals surface area contributed by atoms with Crippen LogP contribution in [0.25, 0.3) is 0 Å². The van der Waals surface area contributed by atoms with Crippen LogP contribution in [0.2, 0.25) is 0 Å². The van der Waals surface area contributed by atoms with Crippen LogP contribution in [0, 0.1) is 0 Å². The largest absolute Gasteiger partial charge is 0.393 e. The minimum Gasteiger partial charge on any atom is -0.393 e. The summed E-state index contributed by atoms with van der Waals surface area (Å²) >= 11 is 0. The minimum absolute atomic E-state index is 0.0887. The molecule has 1 aromatic rings. The van der Waals surface area contributed by atoms with E-state index >= 15 is 0 Å². The zero-order valence-electron chi connectivity index (χ0n) is 5.64.